The van der Waals surface area contributed by atoms with E-state index in [0.29, 0.717) is 30.4 Å². The normalized spacial score (nSPS) is 10.3. The van der Waals surface area contributed by atoms with Crippen LogP contribution in [0.25, 0.3) is 0 Å². The quantitative estimate of drug-likeness (QED) is 0.460. The number of nitrogen functional groups attached to an aromatic ring is 1. The lowest BCUT2D eigenvalue weighted by Gasteiger charge is -2.14. The van der Waals surface area contributed by atoms with Crippen molar-refractivity contribution in [1.29, 1.82) is 0 Å². The number of aliphatic hydroxyl groups is 1. The zero-order chi connectivity index (χ0) is 14.1. The van der Waals surface area contributed by atoms with E-state index in [0.717, 1.165) is 18.7 Å². The van der Waals surface area contributed by atoms with E-state index in [9.17, 15) is 0 Å². The van der Waals surface area contributed by atoms with Crippen LogP contribution in [0.2, 0.25) is 0 Å². The molecule has 6 nitrogen and oxygen atoms in total. The van der Waals surface area contributed by atoms with Crippen molar-refractivity contribution in [1.82, 2.24) is 0 Å². The number of anilines is 2. The Bertz CT molecular complexity index is 385. The molecular weight excluding hydrogens is 248 g/mol. The number of benzene rings is 1. The van der Waals surface area contributed by atoms with Gasteiger partial charge in [-0.25, -0.2) is 0 Å². The fourth-order valence-corrected chi connectivity index (χ4v) is 1.61. The van der Waals surface area contributed by atoms with Crippen LogP contribution in [0.3, 0.4) is 0 Å². The van der Waals surface area contributed by atoms with Crippen LogP contribution in [0.4, 0.5) is 11.4 Å². The molecule has 0 heterocycles. The van der Waals surface area contributed by atoms with Crippen molar-refractivity contribution in [2.75, 3.05) is 51.6 Å². The van der Waals surface area contributed by atoms with Gasteiger partial charge in [0.05, 0.1) is 38.8 Å². The highest BCUT2D eigenvalue weighted by atomic mass is 16.5. The highest BCUT2D eigenvalue weighted by molar-refractivity contribution is 5.71. The molecule has 0 bridgehead atoms. The number of methoxy groups -OCH3 is 2. The Morgan fingerprint density at radius 1 is 1.16 bits per heavy atom. The Morgan fingerprint density at radius 2 is 1.84 bits per heavy atom. The van der Waals surface area contributed by atoms with Gasteiger partial charge in [-0.05, 0) is 6.42 Å². The van der Waals surface area contributed by atoms with Gasteiger partial charge < -0.3 is 30.4 Å². The number of rotatable bonds is 9. The molecule has 1 aromatic carbocycles. The van der Waals surface area contributed by atoms with Gasteiger partial charge in [-0.15, -0.1) is 0 Å². The lowest BCUT2D eigenvalue weighted by atomic mass is 10.2. The number of nitrogens with two attached hydrogens (primary N) is 1. The Kier molecular flexibility index (Phi) is 6.84. The number of ether oxygens (including phenoxy) is 3. The fourth-order valence-electron chi connectivity index (χ4n) is 1.61. The summed E-state index contributed by atoms with van der Waals surface area (Å²) in [5.74, 6) is 1.24. The summed E-state index contributed by atoms with van der Waals surface area (Å²) in [7, 11) is 3.16. The summed E-state index contributed by atoms with van der Waals surface area (Å²) >= 11 is 0. The molecule has 108 valence electrons. The van der Waals surface area contributed by atoms with Gasteiger partial charge >= 0.3 is 0 Å². The predicted octanol–water partition coefficient (Wildman–Crippen LogP) is 1.10. The molecule has 0 radical (unpaired) electrons. The van der Waals surface area contributed by atoms with E-state index in [1.165, 1.54) is 0 Å². The van der Waals surface area contributed by atoms with Crippen molar-refractivity contribution >= 4 is 11.4 Å². The SMILES string of the molecule is COc1cc(N)c(NCCCOCCO)cc1OC. The summed E-state index contributed by atoms with van der Waals surface area (Å²) in [5, 5.41) is 11.8. The van der Waals surface area contributed by atoms with Gasteiger partial charge in [0.2, 0.25) is 0 Å². The maximum Gasteiger partial charge on any atom is 0.162 e. The third kappa shape index (κ3) is 4.84. The smallest absolute Gasteiger partial charge is 0.162 e. The topological polar surface area (TPSA) is 86.0 Å². The van der Waals surface area contributed by atoms with Gasteiger partial charge in [0.25, 0.3) is 0 Å². The second-order valence-corrected chi connectivity index (χ2v) is 3.91. The maximum absolute atomic E-state index is 8.56. The van der Waals surface area contributed by atoms with Gasteiger partial charge in [0.15, 0.2) is 11.5 Å². The zero-order valence-corrected chi connectivity index (χ0v) is 11.4. The van der Waals surface area contributed by atoms with E-state index in [2.05, 4.69) is 5.32 Å². The second kappa shape index (κ2) is 8.44. The van der Waals surface area contributed by atoms with E-state index in [-0.39, 0.29) is 6.61 Å². The van der Waals surface area contributed by atoms with Crippen LogP contribution in [0.1, 0.15) is 6.42 Å². The summed E-state index contributed by atoms with van der Waals surface area (Å²) in [5.41, 5.74) is 7.33. The summed E-state index contributed by atoms with van der Waals surface area (Å²) in [4.78, 5) is 0. The van der Waals surface area contributed by atoms with Crippen molar-refractivity contribution in [3.63, 3.8) is 0 Å². The first-order valence-electron chi connectivity index (χ1n) is 6.17. The maximum atomic E-state index is 8.56. The number of nitrogens with one attached hydrogen (secondary N) is 1. The summed E-state index contributed by atoms with van der Waals surface area (Å²) in [6.45, 7) is 1.75. The van der Waals surface area contributed by atoms with E-state index < -0.39 is 0 Å². The summed E-state index contributed by atoms with van der Waals surface area (Å²) in [6.07, 6.45) is 0.827. The van der Waals surface area contributed by atoms with Crippen LogP contribution in [0.15, 0.2) is 12.1 Å². The molecule has 0 aliphatic carbocycles. The molecular formula is C13H22N2O4. The Morgan fingerprint density at radius 3 is 2.47 bits per heavy atom. The third-order valence-electron chi connectivity index (χ3n) is 2.57. The monoisotopic (exact) mass is 270 g/mol. The first-order valence-corrected chi connectivity index (χ1v) is 6.17. The van der Waals surface area contributed by atoms with Crippen molar-refractivity contribution < 1.29 is 19.3 Å². The fraction of sp³-hybridized carbons (Fsp3) is 0.538. The molecule has 6 heteroatoms. The molecule has 0 spiro atoms. The highest BCUT2D eigenvalue weighted by Crippen LogP contribution is 2.34. The highest BCUT2D eigenvalue weighted by Gasteiger charge is 2.08. The number of hydrogen-bond donors (Lipinski definition) is 3. The molecule has 0 aromatic heterocycles. The average molecular weight is 270 g/mol. The minimum atomic E-state index is 0.0516. The Balaban J connectivity index is 2.49. The molecule has 0 atom stereocenters. The van der Waals surface area contributed by atoms with Crippen LogP contribution in [-0.4, -0.2) is 45.7 Å². The van der Waals surface area contributed by atoms with Gasteiger partial charge in [0.1, 0.15) is 0 Å². The summed E-state index contributed by atoms with van der Waals surface area (Å²) < 4.78 is 15.6. The molecule has 4 N–H and O–H groups in total. The van der Waals surface area contributed by atoms with Crippen LogP contribution in [0, 0.1) is 0 Å². The molecule has 19 heavy (non-hydrogen) atoms. The molecule has 0 fully saturated rings. The largest absolute Gasteiger partial charge is 0.493 e. The predicted molar refractivity (Wildman–Crippen MR) is 75.0 cm³/mol. The molecule has 0 unspecified atom stereocenters. The minimum absolute atomic E-state index is 0.0516. The molecule has 0 aliphatic heterocycles. The van der Waals surface area contributed by atoms with Crippen molar-refractivity contribution in [2.24, 2.45) is 0 Å². The minimum Gasteiger partial charge on any atom is -0.493 e. The van der Waals surface area contributed by atoms with Crippen LogP contribution < -0.4 is 20.5 Å². The average Bonchev–Trinajstić information content (AvgIpc) is 2.43. The van der Waals surface area contributed by atoms with Crippen LogP contribution >= 0.6 is 0 Å². The molecule has 0 amide bonds. The summed E-state index contributed by atoms with van der Waals surface area (Å²) in [6, 6.07) is 3.53. The lowest BCUT2D eigenvalue weighted by Crippen LogP contribution is -2.09. The van der Waals surface area contributed by atoms with Gasteiger partial charge in [-0.2, -0.15) is 0 Å². The van der Waals surface area contributed by atoms with Crippen molar-refractivity contribution in [3.05, 3.63) is 12.1 Å². The standard InChI is InChI=1S/C13H22N2O4/c1-17-12-8-10(14)11(9-13(12)18-2)15-4-3-6-19-7-5-16/h8-9,15-16H,3-7,14H2,1-2H3. The molecule has 0 aliphatic rings. The van der Waals surface area contributed by atoms with Gasteiger partial charge in [-0.3, -0.25) is 0 Å². The van der Waals surface area contributed by atoms with Crippen molar-refractivity contribution in [2.45, 2.75) is 6.42 Å². The zero-order valence-electron chi connectivity index (χ0n) is 11.4. The second-order valence-electron chi connectivity index (χ2n) is 3.91. The number of hydrogen-bond acceptors (Lipinski definition) is 6. The number of aliphatic hydroxyl groups excluding tert-OH is 1. The first-order chi connectivity index (χ1) is 9.22. The van der Waals surface area contributed by atoms with E-state index in [4.69, 9.17) is 25.1 Å². The van der Waals surface area contributed by atoms with E-state index in [1.807, 2.05) is 6.07 Å². The van der Waals surface area contributed by atoms with Crippen LogP contribution in [-0.2, 0) is 4.74 Å². The van der Waals surface area contributed by atoms with Crippen molar-refractivity contribution in [3.8, 4) is 11.5 Å². The molecule has 0 saturated carbocycles. The van der Waals surface area contributed by atoms with Gasteiger partial charge in [-0.1, -0.05) is 0 Å². The third-order valence-corrected chi connectivity index (χ3v) is 2.57. The molecule has 0 saturated heterocycles. The Labute approximate surface area is 113 Å². The Hall–Kier alpha value is -1.66. The van der Waals surface area contributed by atoms with E-state index in [1.54, 1.807) is 20.3 Å². The van der Waals surface area contributed by atoms with E-state index >= 15 is 0 Å². The molecule has 1 rings (SSSR count). The van der Waals surface area contributed by atoms with Crippen LogP contribution in [0.5, 0.6) is 11.5 Å². The lowest BCUT2D eigenvalue weighted by molar-refractivity contribution is 0.0922. The first kappa shape index (κ1) is 15.4. The molecule has 1 aromatic rings. The van der Waals surface area contributed by atoms with Gasteiger partial charge in [0, 0.05) is 25.3 Å².